The van der Waals surface area contributed by atoms with E-state index in [0.29, 0.717) is 13.1 Å². The molecule has 0 aliphatic carbocycles. The first-order valence-corrected chi connectivity index (χ1v) is 5.68. The number of amides is 1. The fourth-order valence-electron chi connectivity index (χ4n) is 1.66. The van der Waals surface area contributed by atoms with Crippen LogP contribution < -0.4 is 10.6 Å². The van der Waals surface area contributed by atoms with Crippen LogP contribution in [0.25, 0.3) is 11.0 Å². The lowest BCUT2D eigenvalue weighted by Crippen LogP contribution is -2.29. The van der Waals surface area contributed by atoms with Crippen LogP contribution in [0.3, 0.4) is 0 Å². The van der Waals surface area contributed by atoms with Crippen LogP contribution in [0.2, 0.25) is 0 Å². The molecule has 0 unspecified atom stereocenters. The second-order valence-corrected chi connectivity index (χ2v) is 3.91. The fraction of sp³-hybridized carbons (Fsp3) is 0.308. The van der Waals surface area contributed by atoms with Crippen molar-refractivity contribution < 1.29 is 9.21 Å². The van der Waals surface area contributed by atoms with Gasteiger partial charge in [0.15, 0.2) is 0 Å². The maximum Gasteiger partial charge on any atom is 0.216 e. The minimum Gasteiger partial charge on any atom is -0.460 e. The third-order valence-electron chi connectivity index (χ3n) is 2.45. The molecule has 1 heterocycles. The minimum atomic E-state index is -0.00413. The molecule has 0 spiro atoms. The third-order valence-corrected chi connectivity index (χ3v) is 2.45. The van der Waals surface area contributed by atoms with Crippen LogP contribution in [-0.2, 0) is 11.3 Å². The highest BCUT2D eigenvalue weighted by Crippen LogP contribution is 2.18. The zero-order valence-electron chi connectivity index (χ0n) is 9.82. The predicted molar refractivity (Wildman–Crippen MR) is 66.6 cm³/mol. The Morgan fingerprint density at radius 2 is 2.12 bits per heavy atom. The molecule has 2 N–H and O–H groups in total. The van der Waals surface area contributed by atoms with E-state index in [2.05, 4.69) is 10.6 Å². The molecule has 90 valence electrons. The second-order valence-electron chi connectivity index (χ2n) is 3.91. The van der Waals surface area contributed by atoms with Crippen LogP contribution in [0.5, 0.6) is 0 Å². The Labute approximate surface area is 100.0 Å². The summed E-state index contributed by atoms with van der Waals surface area (Å²) in [5.41, 5.74) is 0.908. The van der Waals surface area contributed by atoms with Crippen LogP contribution in [0.15, 0.2) is 34.7 Å². The lowest BCUT2D eigenvalue weighted by atomic mass is 10.2. The summed E-state index contributed by atoms with van der Waals surface area (Å²) >= 11 is 0. The quantitative estimate of drug-likeness (QED) is 0.771. The van der Waals surface area contributed by atoms with Gasteiger partial charge in [-0.05, 0) is 12.1 Å². The molecule has 0 saturated carbocycles. The highest BCUT2D eigenvalue weighted by molar-refractivity contribution is 5.77. The van der Waals surface area contributed by atoms with Crippen molar-refractivity contribution in [3.63, 3.8) is 0 Å². The van der Waals surface area contributed by atoms with Gasteiger partial charge in [-0.15, -0.1) is 0 Å². The van der Waals surface area contributed by atoms with Gasteiger partial charge in [-0.1, -0.05) is 18.2 Å². The molecule has 2 rings (SSSR count). The Balaban J connectivity index is 1.81. The Hall–Kier alpha value is -1.81. The van der Waals surface area contributed by atoms with Gasteiger partial charge in [0.25, 0.3) is 0 Å². The van der Waals surface area contributed by atoms with Gasteiger partial charge in [0.05, 0.1) is 6.54 Å². The van der Waals surface area contributed by atoms with E-state index in [0.717, 1.165) is 23.3 Å². The molecule has 1 amide bonds. The van der Waals surface area contributed by atoms with Gasteiger partial charge in [-0.25, -0.2) is 0 Å². The zero-order chi connectivity index (χ0) is 12.1. The maximum absolute atomic E-state index is 10.6. The third kappa shape index (κ3) is 3.32. The maximum atomic E-state index is 10.6. The highest BCUT2D eigenvalue weighted by Gasteiger charge is 2.01. The first-order valence-electron chi connectivity index (χ1n) is 5.68. The molecule has 0 aliphatic heterocycles. The van der Waals surface area contributed by atoms with Crippen molar-refractivity contribution in [3.8, 4) is 0 Å². The normalized spacial score (nSPS) is 10.6. The fourth-order valence-corrected chi connectivity index (χ4v) is 1.66. The van der Waals surface area contributed by atoms with E-state index < -0.39 is 0 Å². The number of carbonyl (C=O) groups excluding carboxylic acids is 1. The van der Waals surface area contributed by atoms with Gasteiger partial charge < -0.3 is 15.1 Å². The Kier molecular flexibility index (Phi) is 3.77. The topological polar surface area (TPSA) is 54.3 Å². The molecule has 0 radical (unpaired) electrons. The van der Waals surface area contributed by atoms with E-state index >= 15 is 0 Å². The van der Waals surface area contributed by atoms with Crippen molar-refractivity contribution in [2.75, 3.05) is 13.1 Å². The van der Waals surface area contributed by atoms with Crippen LogP contribution >= 0.6 is 0 Å². The standard InChI is InChI=1S/C13H16N2O2/c1-10(16)15-7-6-14-9-12-8-11-4-2-3-5-13(11)17-12/h2-5,8,14H,6-7,9H2,1H3,(H,15,16). The lowest BCUT2D eigenvalue weighted by Gasteiger charge is -2.02. The number of hydrogen-bond donors (Lipinski definition) is 2. The van der Waals surface area contributed by atoms with E-state index in [4.69, 9.17) is 4.42 Å². The summed E-state index contributed by atoms with van der Waals surface area (Å²) in [7, 11) is 0. The molecule has 0 saturated heterocycles. The van der Waals surface area contributed by atoms with Crippen molar-refractivity contribution in [2.45, 2.75) is 13.5 Å². The summed E-state index contributed by atoms with van der Waals surface area (Å²) in [6.45, 7) is 3.56. The smallest absolute Gasteiger partial charge is 0.216 e. The highest BCUT2D eigenvalue weighted by atomic mass is 16.3. The van der Waals surface area contributed by atoms with E-state index in [1.54, 1.807) is 0 Å². The molecule has 17 heavy (non-hydrogen) atoms. The summed E-state index contributed by atoms with van der Waals surface area (Å²) in [6.07, 6.45) is 0. The van der Waals surface area contributed by atoms with E-state index in [1.807, 2.05) is 30.3 Å². The summed E-state index contributed by atoms with van der Waals surface area (Å²) < 4.78 is 5.65. The number of furan rings is 1. The number of carbonyl (C=O) groups is 1. The zero-order valence-corrected chi connectivity index (χ0v) is 9.82. The molecule has 4 heteroatoms. The van der Waals surface area contributed by atoms with Crippen LogP contribution in [0.1, 0.15) is 12.7 Å². The minimum absolute atomic E-state index is 0.00413. The summed E-state index contributed by atoms with van der Waals surface area (Å²) in [5.74, 6) is 0.907. The monoisotopic (exact) mass is 232 g/mol. The first-order chi connectivity index (χ1) is 8.25. The summed E-state index contributed by atoms with van der Waals surface area (Å²) in [5, 5.41) is 7.05. The van der Waals surface area contributed by atoms with Crippen molar-refractivity contribution in [1.29, 1.82) is 0 Å². The van der Waals surface area contributed by atoms with Crippen molar-refractivity contribution in [2.24, 2.45) is 0 Å². The SMILES string of the molecule is CC(=O)NCCNCc1cc2ccccc2o1. The van der Waals surface area contributed by atoms with Gasteiger partial charge >= 0.3 is 0 Å². The number of benzene rings is 1. The number of hydrogen-bond acceptors (Lipinski definition) is 3. The van der Waals surface area contributed by atoms with E-state index in [-0.39, 0.29) is 5.91 Å². The van der Waals surface area contributed by atoms with Crippen LogP contribution in [0, 0.1) is 0 Å². The Morgan fingerprint density at radius 3 is 2.88 bits per heavy atom. The van der Waals surface area contributed by atoms with Crippen molar-refractivity contribution >= 4 is 16.9 Å². The second kappa shape index (κ2) is 5.50. The average molecular weight is 232 g/mol. The van der Waals surface area contributed by atoms with E-state index in [1.165, 1.54) is 6.92 Å². The van der Waals surface area contributed by atoms with Gasteiger partial charge in [-0.3, -0.25) is 4.79 Å². The predicted octanol–water partition coefficient (Wildman–Crippen LogP) is 1.66. The number of rotatable bonds is 5. The van der Waals surface area contributed by atoms with Crippen LogP contribution in [0.4, 0.5) is 0 Å². The number of para-hydroxylation sites is 1. The lowest BCUT2D eigenvalue weighted by molar-refractivity contribution is -0.118. The average Bonchev–Trinajstić information content (AvgIpc) is 2.70. The molecule has 0 bridgehead atoms. The number of nitrogens with one attached hydrogen (secondary N) is 2. The Morgan fingerprint density at radius 1 is 1.29 bits per heavy atom. The van der Waals surface area contributed by atoms with Gasteiger partial charge in [0.2, 0.25) is 5.91 Å². The molecule has 0 atom stereocenters. The van der Waals surface area contributed by atoms with Crippen molar-refractivity contribution in [3.05, 3.63) is 36.1 Å². The molecule has 4 nitrogen and oxygen atoms in total. The van der Waals surface area contributed by atoms with Crippen molar-refractivity contribution in [1.82, 2.24) is 10.6 Å². The van der Waals surface area contributed by atoms with Gasteiger partial charge in [0, 0.05) is 25.4 Å². The Bertz CT molecular complexity index is 472. The molecule has 0 aliphatic rings. The molecular weight excluding hydrogens is 216 g/mol. The van der Waals surface area contributed by atoms with Gasteiger partial charge in [-0.2, -0.15) is 0 Å². The van der Waals surface area contributed by atoms with E-state index in [9.17, 15) is 4.79 Å². The molecule has 0 fully saturated rings. The molecule has 1 aromatic heterocycles. The summed E-state index contributed by atoms with van der Waals surface area (Å²) in [6, 6.07) is 9.96. The number of fused-ring (bicyclic) bond motifs is 1. The molecule has 1 aromatic carbocycles. The largest absolute Gasteiger partial charge is 0.460 e. The van der Waals surface area contributed by atoms with Gasteiger partial charge in [0.1, 0.15) is 11.3 Å². The molecular formula is C13H16N2O2. The first kappa shape index (κ1) is 11.7. The molecule has 2 aromatic rings. The van der Waals surface area contributed by atoms with Crippen LogP contribution in [-0.4, -0.2) is 19.0 Å². The summed E-state index contributed by atoms with van der Waals surface area (Å²) in [4.78, 5) is 10.6.